The Kier molecular flexibility index (Phi) is 3.13. The summed E-state index contributed by atoms with van der Waals surface area (Å²) >= 11 is 0. The van der Waals surface area contributed by atoms with Crippen molar-refractivity contribution in [2.75, 3.05) is 6.54 Å². The van der Waals surface area contributed by atoms with E-state index in [2.05, 4.69) is 12.2 Å². The summed E-state index contributed by atoms with van der Waals surface area (Å²) in [5.41, 5.74) is 6.23. The molecule has 2 saturated carbocycles. The zero-order valence-electron chi connectivity index (χ0n) is 9.39. The molecule has 2 aliphatic rings. The molecule has 0 radical (unpaired) electrons. The van der Waals surface area contributed by atoms with E-state index < -0.39 is 0 Å². The lowest BCUT2D eigenvalue weighted by molar-refractivity contribution is 0.294. The molecule has 0 aliphatic heterocycles. The second kappa shape index (κ2) is 4.19. The van der Waals surface area contributed by atoms with Crippen LogP contribution in [0.3, 0.4) is 0 Å². The molecule has 2 rings (SSSR count). The van der Waals surface area contributed by atoms with Crippen molar-refractivity contribution in [1.29, 1.82) is 0 Å². The molecule has 0 bridgehead atoms. The molecule has 2 unspecified atom stereocenters. The summed E-state index contributed by atoms with van der Waals surface area (Å²) in [5.74, 6) is 0.920. The van der Waals surface area contributed by atoms with Crippen LogP contribution in [0.5, 0.6) is 0 Å². The van der Waals surface area contributed by atoms with E-state index in [1.807, 2.05) is 0 Å². The first-order valence-corrected chi connectivity index (χ1v) is 6.22. The number of hydrogen-bond acceptors (Lipinski definition) is 2. The van der Waals surface area contributed by atoms with Gasteiger partial charge in [-0.15, -0.1) is 0 Å². The van der Waals surface area contributed by atoms with Crippen LogP contribution in [0.15, 0.2) is 0 Å². The fourth-order valence-electron chi connectivity index (χ4n) is 3.23. The van der Waals surface area contributed by atoms with Crippen LogP contribution < -0.4 is 11.1 Å². The Hall–Kier alpha value is -0.0800. The summed E-state index contributed by atoms with van der Waals surface area (Å²) in [7, 11) is 0. The molecule has 0 aromatic rings. The average Bonchev–Trinajstić information content (AvgIpc) is 2.77. The molecule has 0 amide bonds. The topological polar surface area (TPSA) is 38.0 Å². The van der Waals surface area contributed by atoms with Crippen LogP contribution in [0.25, 0.3) is 0 Å². The Bertz CT molecular complexity index is 185. The maximum absolute atomic E-state index is 5.92. The Morgan fingerprint density at radius 2 is 2.00 bits per heavy atom. The van der Waals surface area contributed by atoms with Gasteiger partial charge in [0.2, 0.25) is 0 Å². The Morgan fingerprint density at radius 1 is 1.29 bits per heavy atom. The molecule has 82 valence electrons. The van der Waals surface area contributed by atoms with Crippen molar-refractivity contribution in [1.82, 2.24) is 5.32 Å². The maximum atomic E-state index is 5.92. The fraction of sp³-hybridized carbons (Fsp3) is 1.00. The van der Waals surface area contributed by atoms with Crippen LogP contribution in [0.1, 0.15) is 51.9 Å². The van der Waals surface area contributed by atoms with E-state index in [0.717, 1.165) is 18.5 Å². The Balaban J connectivity index is 1.88. The summed E-state index contributed by atoms with van der Waals surface area (Å²) < 4.78 is 0. The van der Waals surface area contributed by atoms with E-state index in [1.54, 1.807) is 0 Å². The van der Waals surface area contributed by atoms with E-state index in [4.69, 9.17) is 5.73 Å². The first-order valence-electron chi connectivity index (χ1n) is 6.22. The summed E-state index contributed by atoms with van der Waals surface area (Å²) in [6, 6.07) is 0.756. The number of nitrogens with two attached hydrogens (primary N) is 1. The van der Waals surface area contributed by atoms with E-state index >= 15 is 0 Å². The molecule has 2 heteroatoms. The molecular formula is C12H24N2. The molecule has 0 aromatic heterocycles. The van der Waals surface area contributed by atoms with Crippen LogP contribution in [0.4, 0.5) is 0 Å². The van der Waals surface area contributed by atoms with Gasteiger partial charge in [0.15, 0.2) is 0 Å². The smallest absolute Gasteiger partial charge is 0.0306 e. The van der Waals surface area contributed by atoms with Gasteiger partial charge in [0, 0.05) is 18.1 Å². The summed E-state index contributed by atoms with van der Waals surface area (Å²) in [6.07, 6.45) is 9.46. The number of hydrogen-bond donors (Lipinski definition) is 2. The van der Waals surface area contributed by atoms with Gasteiger partial charge in [-0.1, -0.05) is 19.8 Å². The molecule has 0 heterocycles. The summed E-state index contributed by atoms with van der Waals surface area (Å²) in [5, 5.41) is 3.85. The third-order valence-electron chi connectivity index (χ3n) is 4.16. The molecule has 14 heavy (non-hydrogen) atoms. The molecule has 0 spiro atoms. The van der Waals surface area contributed by atoms with E-state index in [9.17, 15) is 0 Å². The van der Waals surface area contributed by atoms with Crippen molar-refractivity contribution >= 4 is 0 Å². The van der Waals surface area contributed by atoms with Crippen LogP contribution in [0, 0.1) is 5.92 Å². The first-order chi connectivity index (χ1) is 6.74. The Morgan fingerprint density at radius 3 is 2.50 bits per heavy atom. The molecule has 2 fully saturated rings. The summed E-state index contributed by atoms with van der Waals surface area (Å²) in [4.78, 5) is 0. The molecule has 2 nitrogen and oxygen atoms in total. The molecule has 3 N–H and O–H groups in total. The van der Waals surface area contributed by atoms with Gasteiger partial charge in [-0.05, 0) is 38.0 Å². The molecule has 0 aromatic carbocycles. The lowest BCUT2D eigenvalue weighted by Crippen LogP contribution is -2.52. The standard InChI is InChI=1S/C12H24N2/c1-10-4-5-11(8-10)14-12(9-13)6-2-3-7-12/h10-11,14H,2-9,13H2,1H3. The predicted octanol–water partition coefficient (Wildman–Crippen LogP) is 2.04. The monoisotopic (exact) mass is 196 g/mol. The Labute approximate surface area is 87.6 Å². The highest BCUT2D eigenvalue weighted by atomic mass is 15.0. The molecule has 0 saturated heterocycles. The second-order valence-corrected chi connectivity index (χ2v) is 5.45. The SMILES string of the molecule is CC1CCC(NC2(CN)CCCC2)C1. The van der Waals surface area contributed by atoms with Crippen molar-refractivity contribution in [2.45, 2.75) is 63.5 Å². The molecule has 2 atom stereocenters. The van der Waals surface area contributed by atoms with Gasteiger partial charge < -0.3 is 11.1 Å². The lowest BCUT2D eigenvalue weighted by atomic mass is 9.96. The van der Waals surface area contributed by atoms with E-state index in [0.29, 0.717) is 5.54 Å². The minimum atomic E-state index is 0.314. The van der Waals surface area contributed by atoms with Crippen molar-refractivity contribution in [3.63, 3.8) is 0 Å². The van der Waals surface area contributed by atoms with Gasteiger partial charge >= 0.3 is 0 Å². The van der Waals surface area contributed by atoms with Gasteiger partial charge in [0.05, 0.1) is 0 Å². The van der Waals surface area contributed by atoms with Crippen LogP contribution in [-0.2, 0) is 0 Å². The minimum Gasteiger partial charge on any atom is -0.329 e. The quantitative estimate of drug-likeness (QED) is 0.725. The third-order valence-corrected chi connectivity index (χ3v) is 4.16. The average molecular weight is 196 g/mol. The molecule has 2 aliphatic carbocycles. The van der Waals surface area contributed by atoms with Gasteiger partial charge in [0.1, 0.15) is 0 Å². The van der Waals surface area contributed by atoms with Crippen molar-refractivity contribution < 1.29 is 0 Å². The predicted molar refractivity (Wildman–Crippen MR) is 60.2 cm³/mol. The van der Waals surface area contributed by atoms with Crippen molar-refractivity contribution in [3.05, 3.63) is 0 Å². The fourth-order valence-corrected chi connectivity index (χ4v) is 3.23. The van der Waals surface area contributed by atoms with Crippen molar-refractivity contribution in [2.24, 2.45) is 11.7 Å². The molecular weight excluding hydrogens is 172 g/mol. The van der Waals surface area contributed by atoms with Gasteiger partial charge in [0.25, 0.3) is 0 Å². The third kappa shape index (κ3) is 2.12. The highest BCUT2D eigenvalue weighted by Crippen LogP contribution is 2.33. The number of nitrogens with one attached hydrogen (secondary N) is 1. The maximum Gasteiger partial charge on any atom is 0.0306 e. The van der Waals surface area contributed by atoms with Gasteiger partial charge in [-0.2, -0.15) is 0 Å². The van der Waals surface area contributed by atoms with E-state index in [-0.39, 0.29) is 0 Å². The van der Waals surface area contributed by atoms with Crippen LogP contribution >= 0.6 is 0 Å². The zero-order chi connectivity index (χ0) is 10.0. The van der Waals surface area contributed by atoms with Gasteiger partial charge in [-0.3, -0.25) is 0 Å². The highest BCUT2D eigenvalue weighted by Gasteiger charge is 2.35. The number of rotatable bonds is 3. The van der Waals surface area contributed by atoms with Crippen LogP contribution in [-0.4, -0.2) is 18.1 Å². The first kappa shape index (κ1) is 10.4. The second-order valence-electron chi connectivity index (χ2n) is 5.45. The zero-order valence-corrected chi connectivity index (χ0v) is 9.39. The largest absolute Gasteiger partial charge is 0.329 e. The van der Waals surface area contributed by atoms with Crippen molar-refractivity contribution in [3.8, 4) is 0 Å². The highest BCUT2D eigenvalue weighted by molar-refractivity contribution is 4.97. The minimum absolute atomic E-state index is 0.314. The normalized spacial score (nSPS) is 36.4. The lowest BCUT2D eigenvalue weighted by Gasteiger charge is -2.32. The van der Waals surface area contributed by atoms with Crippen LogP contribution in [0.2, 0.25) is 0 Å². The van der Waals surface area contributed by atoms with E-state index in [1.165, 1.54) is 44.9 Å². The summed E-state index contributed by atoms with van der Waals surface area (Å²) in [6.45, 7) is 3.20. The van der Waals surface area contributed by atoms with Gasteiger partial charge in [-0.25, -0.2) is 0 Å².